The number of ether oxygens (including phenoxy) is 1. The second kappa shape index (κ2) is 9.00. The van der Waals surface area contributed by atoms with Crippen LogP contribution in [0.1, 0.15) is 36.3 Å². The summed E-state index contributed by atoms with van der Waals surface area (Å²) in [4.78, 5) is 36.0. The minimum Gasteiger partial charge on any atom is -0.481 e. The summed E-state index contributed by atoms with van der Waals surface area (Å²) in [6.07, 6.45) is -4.85. The van der Waals surface area contributed by atoms with Gasteiger partial charge in [-0.15, -0.1) is 0 Å². The molecule has 0 spiro atoms. The Morgan fingerprint density at radius 3 is 2.06 bits per heavy atom. The number of carbonyl (C=O) groups excluding carboxylic acids is 2. The van der Waals surface area contributed by atoms with Gasteiger partial charge in [-0.1, -0.05) is 48.5 Å². The van der Waals surface area contributed by atoms with Gasteiger partial charge >= 0.3 is 18.2 Å². The van der Waals surface area contributed by atoms with E-state index in [1.54, 1.807) is 0 Å². The Balaban J connectivity index is 1.39. The summed E-state index contributed by atoms with van der Waals surface area (Å²) in [5.41, 5.74) is 2.72. The van der Waals surface area contributed by atoms with E-state index >= 15 is 0 Å². The molecule has 1 saturated carbocycles. The highest BCUT2D eigenvalue weighted by atomic mass is 19.4. The van der Waals surface area contributed by atoms with Crippen LogP contribution in [0.15, 0.2) is 48.5 Å². The fourth-order valence-electron chi connectivity index (χ4n) is 4.48. The van der Waals surface area contributed by atoms with Crippen LogP contribution < -0.4 is 10.6 Å². The van der Waals surface area contributed by atoms with Crippen LogP contribution in [-0.2, 0) is 14.3 Å². The number of alkyl halides is 3. The molecule has 0 bridgehead atoms. The van der Waals surface area contributed by atoms with E-state index in [0.29, 0.717) is 6.42 Å². The predicted molar refractivity (Wildman–Crippen MR) is 115 cm³/mol. The summed E-state index contributed by atoms with van der Waals surface area (Å²) in [7, 11) is 0. The fraction of sp³-hybridized carbons (Fsp3) is 0.375. The molecule has 34 heavy (non-hydrogen) atoms. The number of fused-ring (bicyclic) bond motifs is 3. The van der Waals surface area contributed by atoms with Gasteiger partial charge in [-0.25, -0.2) is 4.79 Å². The molecule has 2 aromatic rings. The van der Waals surface area contributed by atoms with E-state index < -0.39 is 42.1 Å². The molecule has 2 amide bonds. The molecule has 2 aromatic carbocycles. The SMILES string of the molecule is O=C(NC1(C(=O)NCC(C(=O)O)C(F)(F)F)CCC1)OCC1c2ccccc2-c2ccccc21. The number of hydrogen-bond acceptors (Lipinski definition) is 4. The first kappa shape index (κ1) is 23.6. The second-order valence-electron chi connectivity index (χ2n) is 8.53. The highest BCUT2D eigenvalue weighted by Crippen LogP contribution is 2.44. The predicted octanol–water partition coefficient (Wildman–Crippen LogP) is 3.83. The Bertz CT molecular complexity index is 1070. The summed E-state index contributed by atoms with van der Waals surface area (Å²) >= 11 is 0. The first-order valence-corrected chi connectivity index (χ1v) is 10.8. The van der Waals surface area contributed by atoms with Crippen molar-refractivity contribution < 1.29 is 37.4 Å². The lowest BCUT2D eigenvalue weighted by atomic mass is 9.76. The van der Waals surface area contributed by atoms with Crippen LogP contribution >= 0.6 is 0 Å². The molecule has 7 nitrogen and oxygen atoms in total. The molecule has 2 aliphatic carbocycles. The Kier molecular flexibility index (Phi) is 6.24. The van der Waals surface area contributed by atoms with Crippen molar-refractivity contribution in [1.82, 2.24) is 10.6 Å². The van der Waals surface area contributed by atoms with Gasteiger partial charge in [-0.2, -0.15) is 13.2 Å². The van der Waals surface area contributed by atoms with Crippen molar-refractivity contribution in [1.29, 1.82) is 0 Å². The molecule has 1 unspecified atom stereocenters. The van der Waals surface area contributed by atoms with Crippen LogP contribution in [0.3, 0.4) is 0 Å². The molecule has 0 aliphatic heterocycles. The van der Waals surface area contributed by atoms with Crippen LogP contribution in [0.25, 0.3) is 11.1 Å². The Labute approximate surface area is 193 Å². The van der Waals surface area contributed by atoms with Crippen molar-refractivity contribution in [3.63, 3.8) is 0 Å². The van der Waals surface area contributed by atoms with E-state index in [4.69, 9.17) is 9.84 Å². The number of carboxylic acids is 1. The van der Waals surface area contributed by atoms with E-state index in [9.17, 15) is 27.6 Å². The zero-order valence-corrected chi connectivity index (χ0v) is 18.0. The van der Waals surface area contributed by atoms with Gasteiger partial charge in [0.25, 0.3) is 0 Å². The van der Waals surface area contributed by atoms with Crippen LogP contribution in [0, 0.1) is 5.92 Å². The summed E-state index contributed by atoms with van der Waals surface area (Å²) in [5.74, 6) is -5.86. The van der Waals surface area contributed by atoms with E-state index in [1.165, 1.54) is 0 Å². The lowest BCUT2D eigenvalue weighted by Gasteiger charge is -2.40. The molecule has 0 heterocycles. The molecule has 3 N–H and O–H groups in total. The third-order valence-electron chi connectivity index (χ3n) is 6.49. The molecular weight excluding hydrogens is 453 g/mol. The monoisotopic (exact) mass is 476 g/mol. The average Bonchev–Trinajstić information content (AvgIpc) is 3.07. The van der Waals surface area contributed by atoms with E-state index in [1.807, 2.05) is 53.8 Å². The lowest BCUT2D eigenvalue weighted by Crippen LogP contribution is -2.63. The molecule has 2 aliphatic rings. The van der Waals surface area contributed by atoms with Crippen molar-refractivity contribution in [3.8, 4) is 11.1 Å². The Hall–Kier alpha value is -3.56. The number of benzene rings is 2. The number of rotatable bonds is 7. The minimum atomic E-state index is -5.01. The highest BCUT2D eigenvalue weighted by molar-refractivity contribution is 5.91. The van der Waals surface area contributed by atoms with Gasteiger partial charge in [-0.05, 0) is 41.5 Å². The number of aliphatic carboxylic acids is 1. The maximum atomic E-state index is 12.9. The van der Waals surface area contributed by atoms with Crippen LogP contribution in [0.4, 0.5) is 18.0 Å². The normalized spacial score (nSPS) is 17.0. The Morgan fingerprint density at radius 1 is 1.03 bits per heavy atom. The highest BCUT2D eigenvalue weighted by Gasteiger charge is 2.49. The van der Waals surface area contributed by atoms with Crippen LogP contribution in [0.5, 0.6) is 0 Å². The standard InChI is InChI=1S/C24H23F3N2O5/c25-24(26,27)19(20(30)31)12-28-21(32)23(10-5-11-23)29-22(33)34-13-18-16-8-3-1-6-14(16)15-7-2-4-9-17(15)18/h1-4,6-9,18-19H,5,10-13H2,(H,28,32)(H,29,33)(H,30,31). The van der Waals surface area contributed by atoms with Gasteiger partial charge < -0.3 is 20.5 Å². The zero-order chi connectivity index (χ0) is 24.5. The molecule has 0 radical (unpaired) electrons. The number of alkyl carbamates (subject to hydrolysis) is 1. The second-order valence-corrected chi connectivity index (χ2v) is 8.53. The van der Waals surface area contributed by atoms with Crippen molar-refractivity contribution in [2.24, 2.45) is 5.92 Å². The molecular formula is C24H23F3N2O5. The minimum absolute atomic E-state index is 0.0206. The molecule has 0 aromatic heterocycles. The molecule has 10 heteroatoms. The molecule has 4 rings (SSSR count). The third kappa shape index (κ3) is 4.44. The van der Waals surface area contributed by atoms with Crippen molar-refractivity contribution in [3.05, 3.63) is 59.7 Å². The maximum absolute atomic E-state index is 12.9. The maximum Gasteiger partial charge on any atom is 0.408 e. The van der Waals surface area contributed by atoms with Gasteiger partial charge in [0.1, 0.15) is 12.1 Å². The van der Waals surface area contributed by atoms with E-state index in [2.05, 4.69) is 5.32 Å². The van der Waals surface area contributed by atoms with Gasteiger partial charge in [0, 0.05) is 12.5 Å². The van der Waals surface area contributed by atoms with Crippen LogP contribution in [0.2, 0.25) is 0 Å². The number of nitrogens with one attached hydrogen (secondary N) is 2. The molecule has 180 valence electrons. The summed E-state index contributed by atoms with van der Waals surface area (Å²) in [5, 5.41) is 13.3. The number of hydrogen-bond donors (Lipinski definition) is 3. The zero-order valence-electron chi connectivity index (χ0n) is 18.0. The van der Waals surface area contributed by atoms with Crippen molar-refractivity contribution in [2.45, 2.75) is 36.9 Å². The topological polar surface area (TPSA) is 105 Å². The smallest absolute Gasteiger partial charge is 0.408 e. The van der Waals surface area contributed by atoms with Gasteiger partial charge in [0.05, 0.1) is 0 Å². The number of carbonyl (C=O) groups is 3. The number of amides is 2. The average molecular weight is 476 g/mol. The molecule has 1 fully saturated rings. The summed E-state index contributed by atoms with van der Waals surface area (Å²) in [6, 6.07) is 15.6. The first-order valence-electron chi connectivity index (χ1n) is 10.8. The quantitative estimate of drug-likeness (QED) is 0.564. The Morgan fingerprint density at radius 2 is 1.59 bits per heavy atom. The van der Waals surface area contributed by atoms with Crippen molar-refractivity contribution >= 4 is 18.0 Å². The number of carboxylic acid groups (broad SMARTS) is 1. The van der Waals surface area contributed by atoms with E-state index in [-0.39, 0.29) is 25.4 Å². The summed E-state index contributed by atoms with van der Waals surface area (Å²) in [6.45, 7) is -1.10. The largest absolute Gasteiger partial charge is 0.481 e. The third-order valence-corrected chi connectivity index (χ3v) is 6.49. The summed E-state index contributed by atoms with van der Waals surface area (Å²) < 4.78 is 44.0. The fourth-order valence-corrected chi connectivity index (χ4v) is 4.48. The van der Waals surface area contributed by atoms with Gasteiger partial charge in [0.2, 0.25) is 5.91 Å². The van der Waals surface area contributed by atoms with Gasteiger partial charge in [0.15, 0.2) is 5.92 Å². The van der Waals surface area contributed by atoms with Gasteiger partial charge in [-0.3, -0.25) is 9.59 Å². The number of halogens is 3. The van der Waals surface area contributed by atoms with Crippen LogP contribution in [-0.4, -0.2) is 47.9 Å². The van der Waals surface area contributed by atoms with Crippen molar-refractivity contribution in [2.75, 3.05) is 13.2 Å². The molecule has 1 atom stereocenters. The molecule has 0 saturated heterocycles. The first-order chi connectivity index (χ1) is 16.1. The lowest BCUT2D eigenvalue weighted by molar-refractivity contribution is -0.192. The van der Waals surface area contributed by atoms with E-state index in [0.717, 1.165) is 22.3 Å².